The van der Waals surface area contributed by atoms with Gasteiger partial charge in [-0.15, -0.1) is 11.8 Å². The zero-order chi connectivity index (χ0) is 37.8. The standard InChI is InChI=1S/C42H75NO7SSi/c1-9-10-11-12-13-14-15-16-17-18-19-20-21-25-29-46-31-35(45-6)28-30-51-41-37(43-33(2)44)39(50-52(7,8)42(3,4)5)38-36(48-41)32-47-40(49-38)34-26-23-22-24-27-34/h22-24,26-27,35-41H,9-21,25,28-32H2,1-8H3,(H,43,44)/t35-,36+,37+,38+,39+,40+,41-/m0/s1. The van der Waals surface area contributed by atoms with Gasteiger partial charge in [0.15, 0.2) is 14.6 Å². The van der Waals surface area contributed by atoms with Gasteiger partial charge in [0, 0.05) is 26.2 Å². The van der Waals surface area contributed by atoms with Gasteiger partial charge in [0.25, 0.3) is 0 Å². The van der Waals surface area contributed by atoms with Crippen LogP contribution in [-0.4, -0.2) is 82.8 Å². The van der Waals surface area contributed by atoms with Crippen LogP contribution in [0, 0.1) is 0 Å². The van der Waals surface area contributed by atoms with Gasteiger partial charge in [-0.2, -0.15) is 0 Å². The third-order valence-electron chi connectivity index (χ3n) is 11.0. The van der Waals surface area contributed by atoms with E-state index in [1.54, 1.807) is 25.8 Å². The fraction of sp³-hybridized carbons (Fsp3) is 0.833. The maximum absolute atomic E-state index is 12.6. The molecule has 1 aromatic carbocycles. The number of ether oxygens (including phenoxy) is 5. The number of nitrogens with one attached hydrogen (secondary N) is 1. The van der Waals surface area contributed by atoms with E-state index >= 15 is 0 Å². The quantitative estimate of drug-likeness (QED) is 0.0737. The molecular weight excluding hydrogens is 691 g/mol. The molecule has 1 N–H and O–H groups in total. The number of hydrogen-bond donors (Lipinski definition) is 1. The van der Waals surface area contributed by atoms with Crippen LogP contribution in [0.25, 0.3) is 0 Å². The van der Waals surface area contributed by atoms with Gasteiger partial charge in [0.2, 0.25) is 5.91 Å². The van der Waals surface area contributed by atoms with Gasteiger partial charge < -0.3 is 33.4 Å². The number of unbranched alkanes of at least 4 members (excludes halogenated alkanes) is 13. The minimum atomic E-state index is -2.26. The van der Waals surface area contributed by atoms with E-state index in [4.69, 9.17) is 28.1 Å². The molecule has 10 heteroatoms. The summed E-state index contributed by atoms with van der Waals surface area (Å²) >= 11 is 1.70. The summed E-state index contributed by atoms with van der Waals surface area (Å²) in [5.41, 5.74) is 0.631. The Bertz CT molecular complexity index is 1090. The molecule has 2 aliphatic rings. The van der Waals surface area contributed by atoms with Gasteiger partial charge in [-0.3, -0.25) is 4.79 Å². The summed E-state index contributed by atoms with van der Waals surface area (Å²) in [6.07, 6.45) is 18.2. The van der Waals surface area contributed by atoms with Crippen LogP contribution in [0.5, 0.6) is 0 Å². The van der Waals surface area contributed by atoms with Gasteiger partial charge >= 0.3 is 0 Å². The van der Waals surface area contributed by atoms with Crippen molar-refractivity contribution in [1.29, 1.82) is 0 Å². The van der Waals surface area contributed by atoms with Crippen molar-refractivity contribution >= 4 is 26.0 Å². The van der Waals surface area contributed by atoms with E-state index in [-0.39, 0.29) is 40.7 Å². The molecule has 1 aromatic rings. The Labute approximate surface area is 323 Å². The van der Waals surface area contributed by atoms with Crippen molar-refractivity contribution < 1.29 is 32.9 Å². The predicted octanol–water partition coefficient (Wildman–Crippen LogP) is 10.4. The second-order valence-corrected chi connectivity index (χ2v) is 22.4. The highest BCUT2D eigenvalue weighted by Crippen LogP contribution is 2.43. The summed E-state index contributed by atoms with van der Waals surface area (Å²) in [6.45, 7) is 16.8. The van der Waals surface area contributed by atoms with Gasteiger partial charge in [0.1, 0.15) is 17.6 Å². The molecule has 0 saturated carbocycles. The SMILES string of the molecule is CCCCCCCCCCCCCCCCOC[C@H](CCS[C@@H]1O[C@@H]2CO[C@@H](c3ccccc3)O[C@H]2[C@H](O[Si](C)(C)C(C)(C)C)[C@H]1NC(C)=O)OC. The van der Waals surface area contributed by atoms with Crippen molar-refractivity contribution in [1.82, 2.24) is 5.32 Å². The van der Waals surface area contributed by atoms with Gasteiger partial charge in [-0.25, -0.2) is 0 Å². The van der Waals surface area contributed by atoms with Crippen LogP contribution < -0.4 is 5.32 Å². The highest BCUT2D eigenvalue weighted by atomic mass is 32.2. The average molecular weight is 766 g/mol. The van der Waals surface area contributed by atoms with Crippen LogP contribution in [0.2, 0.25) is 18.1 Å². The first-order valence-corrected chi connectivity index (χ1v) is 24.6. The Morgan fingerprint density at radius 3 is 2.08 bits per heavy atom. The number of methoxy groups -OCH3 is 1. The molecule has 0 radical (unpaired) electrons. The Morgan fingerprint density at radius 2 is 1.52 bits per heavy atom. The molecule has 1 amide bonds. The van der Waals surface area contributed by atoms with Crippen LogP contribution >= 0.6 is 11.8 Å². The number of carbonyl (C=O) groups is 1. The molecule has 7 atom stereocenters. The van der Waals surface area contributed by atoms with Gasteiger partial charge in [-0.1, -0.05) is 141 Å². The molecule has 8 nitrogen and oxygen atoms in total. The van der Waals surface area contributed by atoms with E-state index in [2.05, 4.69) is 46.1 Å². The number of amides is 1. The predicted molar refractivity (Wildman–Crippen MR) is 217 cm³/mol. The molecular formula is C42H75NO7SSi. The van der Waals surface area contributed by atoms with Crippen LogP contribution in [0.1, 0.15) is 143 Å². The van der Waals surface area contributed by atoms with E-state index in [1.807, 2.05) is 30.3 Å². The molecule has 3 rings (SSSR count). The lowest BCUT2D eigenvalue weighted by atomic mass is 9.96. The van der Waals surface area contributed by atoms with Crippen LogP contribution in [0.3, 0.4) is 0 Å². The summed E-state index contributed by atoms with van der Waals surface area (Å²) in [5, 5.41) is 3.20. The molecule has 0 aliphatic carbocycles. The van der Waals surface area contributed by atoms with Gasteiger partial charge in [0.05, 0.1) is 31.5 Å². The first-order chi connectivity index (χ1) is 25.0. The molecule has 0 unspecified atom stereocenters. The van der Waals surface area contributed by atoms with E-state index in [9.17, 15) is 4.79 Å². The molecule has 300 valence electrons. The lowest BCUT2D eigenvalue weighted by Crippen LogP contribution is -2.68. The summed E-state index contributed by atoms with van der Waals surface area (Å²) < 4.78 is 38.5. The van der Waals surface area contributed by atoms with Crippen LogP contribution in [0.4, 0.5) is 0 Å². The highest BCUT2D eigenvalue weighted by molar-refractivity contribution is 7.99. The van der Waals surface area contributed by atoms with Crippen molar-refractivity contribution in [2.24, 2.45) is 0 Å². The summed E-state index contributed by atoms with van der Waals surface area (Å²) in [7, 11) is -0.504. The molecule has 0 aromatic heterocycles. The fourth-order valence-electron chi connectivity index (χ4n) is 6.74. The normalized spacial score (nSPS) is 24.4. The minimum Gasteiger partial charge on any atom is -0.409 e. The molecule has 52 heavy (non-hydrogen) atoms. The Hall–Kier alpha value is -0.983. The summed E-state index contributed by atoms with van der Waals surface area (Å²) in [5.74, 6) is 0.680. The topological polar surface area (TPSA) is 84.5 Å². The maximum atomic E-state index is 12.6. The zero-order valence-corrected chi connectivity index (χ0v) is 35.9. The number of rotatable bonds is 26. The van der Waals surface area contributed by atoms with Gasteiger partial charge in [-0.05, 0) is 36.7 Å². The Kier molecular flexibility index (Phi) is 21.4. The Morgan fingerprint density at radius 1 is 0.923 bits per heavy atom. The number of fused-ring (bicyclic) bond motifs is 1. The third kappa shape index (κ3) is 16.0. The smallest absolute Gasteiger partial charge is 0.217 e. The fourth-order valence-corrected chi connectivity index (χ4v) is 9.33. The number of hydrogen-bond acceptors (Lipinski definition) is 8. The largest absolute Gasteiger partial charge is 0.409 e. The lowest BCUT2D eigenvalue weighted by Gasteiger charge is -2.52. The molecule has 0 bridgehead atoms. The molecule has 2 fully saturated rings. The molecule has 2 saturated heterocycles. The first kappa shape index (κ1) is 45.4. The van der Waals surface area contributed by atoms with Crippen molar-refractivity contribution in [2.75, 3.05) is 32.7 Å². The Balaban J connectivity index is 1.44. The third-order valence-corrected chi connectivity index (χ3v) is 16.7. The zero-order valence-electron chi connectivity index (χ0n) is 34.1. The van der Waals surface area contributed by atoms with Crippen molar-refractivity contribution in [2.45, 2.75) is 191 Å². The second-order valence-electron chi connectivity index (χ2n) is 16.5. The number of benzene rings is 1. The molecule has 2 heterocycles. The summed E-state index contributed by atoms with van der Waals surface area (Å²) in [4.78, 5) is 12.6. The van der Waals surface area contributed by atoms with Crippen molar-refractivity contribution in [3.8, 4) is 0 Å². The van der Waals surface area contributed by atoms with E-state index < -0.39 is 20.7 Å². The first-order valence-electron chi connectivity index (χ1n) is 20.6. The summed E-state index contributed by atoms with van der Waals surface area (Å²) in [6, 6.07) is 9.60. The minimum absolute atomic E-state index is 0.00181. The van der Waals surface area contributed by atoms with E-state index in [1.165, 1.54) is 83.5 Å². The molecule has 0 spiro atoms. The second kappa shape index (κ2) is 24.5. The monoisotopic (exact) mass is 766 g/mol. The maximum Gasteiger partial charge on any atom is 0.217 e. The number of thioether (sulfide) groups is 1. The highest BCUT2D eigenvalue weighted by Gasteiger charge is 2.54. The van der Waals surface area contributed by atoms with E-state index in [0.717, 1.165) is 30.8 Å². The van der Waals surface area contributed by atoms with Crippen LogP contribution in [-0.2, 0) is 32.9 Å². The van der Waals surface area contributed by atoms with Crippen molar-refractivity contribution in [3.63, 3.8) is 0 Å². The lowest BCUT2D eigenvalue weighted by molar-refractivity contribution is -0.304. The van der Waals surface area contributed by atoms with Crippen molar-refractivity contribution in [3.05, 3.63) is 35.9 Å². The molecule has 2 aliphatic heterocycles. The average Bonchev–Trinajstić information content (AvgIpc) is 3.11. The number of carbonyl (C=O) groups excluding carboxylic acids is 1. The van der Waals surface area contributed by atoms with E-state index in [0.29, 0.717) is 13.2 Å². The van der Waals surface area contributed by atoms with Crippen LogP contribution in [0.15, 0.2) is 30.3 Å².